The van der Waals surface area contributed by atoms with Crippen LogP contribution in [0.3, 0.4) is 0 Å². The fourth-order valence-electron chi connectivity index (χ4n) is 3.65. The molecule has 0 nitrogen and oxygen atoms in total. The normalized spacial score (nSPS) is 29.4. The summed E-state index contributed by atoms with van der Waals surface area (Å²) in [7, 11) is 0.127. The third-order valence-corrected chi connectivity index (χ3v) is 7.42. The first kappa shape index (κ1) is 15.0. The van der Waals surface area contributed by atoms with Gasteiger partial charge >= 0.3 is 0 Å². The van der Waals surface area contributed by atoms with Gasteiger partial charge in [0.1, 0.15) is 0 Å². The highest BCUT2D eigenvalue weighted by Crippen LogP contribution is 2.52. The van der Waals surface area contributed by atoms with Crippen LogP contribution in [0, 0.1) is 17.8 Å². The Bertz CT molecular complexity index is 371. The lowest BCUT2D eigenvalue weighted by molar-refractivity contribution is 0.241. The van der Waals surface area contributed by atoms with E-state index in [1.54, 1.807) is 0 Å². The molecule has 2 rings (SSSR count). The van der Waals surface area contributed by atoms with Crippen molar-refractivity contribution in [3.05, 3.63) is 35.9 Å². The summed E-state index contributed by atoms with van der Waals surface area (Å²) in [6, 6.07) is 11.1. The van der Waals surface area contributed by atoms with Crippen LogP contribution in [0.1, 0.15) is 45.6 Å². The second-order valence-corrected chi connectivity index (χ2v) is 9.29. The van der Waals surface area contributed by atoms with E-state index >= 15 is 0 Å². The van der Waals surface area contributed by atoms with Crippen LogP contribution >= 0.6 is 7.92 Å². The Morgan fingerprint density at radius 3 is 2.47 bits per heavy atom. The van der Waals surface area contributed by atoms with Gasteiger partial charge < -0.3 is 0 Å². The van der Waals surface area contributed by atoms with Crippen molar-refractivity contribution in [2.45, 2.75) is 51.9 Å². The van der Waals surface area contributed by atoms with E-state index in [4.69, 9.17) is 0 Å². The first-order valence-electron chi connectivity index (χ1n) is 7.82. The molecule has 0 heterocycles. The number of benzene rings is 1. The van der Waals surface area contributed by atoms with Crippen molar-refractivity contribution >= 4 is 7.92 Å². The van der Waals surface area contributed by atoms with E-state index in [0.29, 0.717) is 0 Å². The highest BCUT2D eigenvalue weighted by molar-refractivity contribution is 7.56. The fraction of sp³-hybridized carbons (Fsp3) is 0.667. The first-order chi connectivity index (χ1) is 9.08. The zero-order valence-corrected chi connectivity index (χ0v) is 13.9. The Balaban J connectivity index is 2.04. The molecule has 0 amide bonds. The largest absolute Gasteiger partial charge is 0.102 e. The molecule has 1 heteroatoms. The molecular formula is C18H29P. The highest BCUT2D eigenvalue weighted by Gasteiger charge is 2.33. The van der Waals surface area contributed by atoms with E-state index < -0.39 is 0 Å². The number of hydrogen-bond acceptors (Lipinski definition) is 0. The van der Waals surface area contributed by atoms with Crippen molar-refractivity contribution in [3.8, 4) is 0 Å². The second kappa shape index (κ2) is 6.89. The summed E-state index contributed by atoms with van der Waals surface area (Å²) in [5, 5.41) is 0. The second-order valence-electron chi connectivity index (χ2n) is 6.79. The van der Waals surface area contributed by atoms with E-state index in [1.807, 2.05) is 0 Å². The van der Waals surface area contributed by atoms with Gasteiger partial charge in [-0.2, -0.15) is 0 Å². The van der Waals surface area contributed by atoms with Crippen molar-refractivity contribution in [3.63, 3.8) is 0 Å². The van der Waals surface area contributed by atoms with Gasteiger partial charge in [-0.3, -0.25) is 0 Å². The zero-order chi connectivity index (χ0) is 13.8. The summed E-state index contributed by atoms with van der Waals surface area (Å²) < 4.78 is 0. The van der Waals surface area contributed by atoms with Crippen LogP contribution in [0.5, 0.6) is 0 Å². The van der Waals surface area contributed by atoms with Crippen LogP contribution in [0.2, 0.25) is 0 Å². The van der Waals surface area contributed by atoms with E-state index in [-0.39, 0.29) is 7.92 Å². The molecule has 106 valence electrons. The number of rotatable bonds is 4. The summed E-state index contributed by atoms with van der Waals surface area (Å²) in [5.74, 6) is 2.77. The lowest BCUT2D eigenvalue weighted by Crippen LogP contribution is -2.31. The molecule has 0 N–H and O–H groups in total. The predicted molar refractivity (Wildman–Crippen MR) is 88.1 cm³/mol. The lowest BCUT2D eigenvalue weighted by atomic mass is 9.77. The molecule has 1 fully saturated rings. The van der Waals surface area contributed by atoms with Gasteiger partial charge in [0.05, 0.1) is 0 Å². The Morgan fingerprint density at radius 2 is 1.84 bits per heavy atom. The molecule has 4 unspecified atom stereocenters. The molecule has 1 aromatic rings. The van der Waals surface area contributed by atoms with Crippen LogP contribution in [0.4, 0.5) is 0 Å². The lowest BCUT2D eigenvalue weighted by Gasteiger charge is -2.41. The van der Waals surface area contributed by atoms with E-state index in [2.05, 4.69) is 57.8 Å². The summed E-state index contributed by atoms with van der Waals surface area (Å²) in [5.41, 5.74) is 2.52. The molecule has 1 aliphatic carbocycles. The van der Waals surface area contributed by atoms with Gasteiger partial charge in [0.15, 0.2) is 0 Å². The SMILES string of the molecule is CC1CCC(C(C)C)C(P(C)Cc2ccccc2)C1. The average Bonchev–Trinajstić information content (AvgIpc) is 2.39. The van der Waals surface area contributed by atoms with Crippen LogP contribution in [-0.2, 0) is 6.16 Å². The van der Waals surface area contributed by atoms with Gasteiger partial charge in [-0.15, -0.1) is 7.92 Å². The Hall–Kier alpha value is -0.350. The highest BCUT2D eigenvalue weighted by atomic mass is 31.1. The third kappa shape index (κ3) is 4.06. The Kier molecular flexibility index (Phi) is 5.46. The minimum absolute atomic E-state index is 0.127. The van der Waals surface area contributed by atoms with Crippen molar-refractivity contribution in [2.24, 2.45) is 17.8 Å². The minimum Gasteiger partial charge on any atom is -0.102 e. The summed E-state index contributed by atoms with van der Waals surface area (Å²) >= 11 is 0. The van der Waals surface area contributed by atoms with Gasteiger partial charge in [-0.25, -0.2) is 0 Å². The molecule has 0 bridgehead atoms. The molecule has 0 spiro atoms. The van der Waals surface area contributed by atoms with Gasteiger partial charge in [0, 0.05) is 0 Å². The molecule has 4 atom stereocenters. The molecule has 1 saturated carbocycles. The van der Waals surface area contributed by atoms with Crippen molar-refractivity contribution in [2.75, 3.05) is 6.66 Å². The maximum Gasteiger partial charge on any atom is -0.00730 e. The van der Waals surface area contributed by atoms with Gasteiger partial charge in [-0.1, -0.05) is 57.5 Å². The third-order valence-electron chi connectivity index (χ3n) is 4.83. The van der Waals surface area contributed by atoms with Crippen molar-refractivity contribution < 1.29 is 0 Å². The monoisotopic (exact) mass is 276 g/mol. The first-order valence-corrected chi connectivity index (χ1v) is 9.86. The van der Waals surface area contributed by atoms with Crippen molar-refractivity contribution in [1.82, 2.24) is 0 Å². The van der Waals surface area contributed by atoms with Gasteiger partial charge in [-0.05, 0) is 54.6 Å². The quantitative estimate of drug-likeness (QED) is 0.613. The molecule has 0 aromatic heterocycles. The molecule has 0 saturated heterocycles. The van der Waals surface area contributed by atoms with Crippen molar-refractivity contribution in [1.29, 1.82) is 0 Å². The topological polar surface area (TPSA) is 0 Å². The van der Waals surface area contributed by atoms with Crippen LogP contribution < -0.4 is 0 Å². The average molecular weight is 276 g/mol. The molecule has 1 aromatic carbocycles. The summed E-state index contributed by atoms with van der Waals surface area (Å²) in [4.78, 5) is 0. The maximum atomic E-state index is 2.54. The zero-order valence-electron chi connectivity index (χ0n) is 13.0. The Morgan fingerprint density at radius 1 is 1.16 bits per heavy atom. The molecule has 0 aliphatic heterocycles. The Labute approximate surface area is 120 Å². The minimum atomic E-state index is 0.127. The molecule has 19 heavy (non-hydrogen) atoms. The maximum absolute atomic E-state index is 2.54. The van der Waals surface area contributed by atoms with E-state index in [1.165, 1.54) is 31.0 Å². The van der Waals surface area contributed by atoms with E-state index in [9.17, 15) is 0 Å². The molecule has 1 aliphatic rings. The fourth-order valence-corrected chi connectivity index (χ4v) is 6.54. The van der Waals surface area contributed by atoms with Gasteiger partial charge in [0.2, 0.25) is 0 Å². The van der Waals surface area contributed by atoms with E-state index in [0.717, 1.165) is 23.4 Å². The molecular weight excluding hydrogens is 247 g/mol. The molecule has 0 radical (unpaired) electrons. The van der Waals surface area contributed by atoms with Crippen LogP contribution in [0.25, 0.3) is 0 Å². The number of hydrogen-bond donors (Lipinski definition) is 0. The predicted octanol–water partition coefficient (Wildman–Crippen LogP) is 5.76. The smallest absolute Gasteiger partial charge is 0.00730 e. The van der Waals surface area contributed by atoms with Gasteiger partial charge in [0.25, 0.3) is 0 Å². The van der Waals surface area contributed by atoms with Crippen LogP contribution in [0.15, 0.2) is 30.3 Å². The summed E-state index contributed by atoms with van der Waals surface area (Å²) in [6.07, 6.45) is 5.70. The standard InChI is InChI=1S/C18H29P/c1-14(2)17-11-10-15(3)12-18(17)19(4)13-16-8-6-5-7-9-16/h5-9,14-15,17-18H,10-13H2,1-4H3. The van der Waals surface area contributed by atoms with Crippen LogP contribution in [-0.4, -0.2) is 12.3 Å². The summed E-state index contributed by atoms with van der Waals surface area (Å²) in [6.45, 7) is 9.86.